The second-order valence-corrected chi connectivity index (χ2v) is 7.45. The summed E-state index contributed by atoms with van der Waals surface area (Å²) in [5, 5.41) is 15.3. The van der Waals surface area contributed by atoms with E-state index in [4.69, 9.17) is 5.11 Å². The van der Waals surface area contributed by atoms with E-state index in [0.717, 1.165) is 4.90 Å². The zero-order valence-electron chi connectivity index (χ0n) is 13.9. The number of carbonyl (C=O) groups excluding carboxylic acids is 1. The van der Waals surface area contributed by atoms with Crippen LogP contribution in [-0.4, -0.2) is 32.5 Å². The van der Waals surface area contributed by atoms with E-state index in [1.54, 1.807) is 6.07 Å². The van der Waals surface area contributed by atoms with Crippen LogP contribution < -0.4 is 5.32 Å². The molecule has 0 aliphatic heterocycles. The maximum absolute atomic E-state index is 11.9. The highest BCUT2D eigenvalue weighted by Crippen LogP contribution is 2.25. The molecule has 1 heterocycles. The molecule has 24 heavy (non-hydrogen) atoms. The van der Waals surface area contributed by atoms with Gasteiger partial charge in [0.1, 0.15) is 6.54 Å². The van der Waals surface area contributed by atoms with E-state index >= 15 is 0 Å². The third kappa shape index (κ3) is 5.42. The summed E-state index contributed by atoms with van der Waals surface area (Å²) in [6.45, 7) is 6.25. The summed E-state index contributed by atoms with van der Waals surface area (Å²) in [4.78, 5) is 23.6. The summed E-state index contributed by atoms with van der Waals surface area (Å²) < 4.78 is 1.26. The van der Waals surface area contributed by atoms with Crippen LogP contribution in [0.2, 0.25) is 0 Å². The Kier molecular flexibility index (Phi) is 5.66. The number of nitrogens with zero attached hydrogens (tertiary/aromatic N) is 2. The van der Waals surface area contributed by atoms with Gasteiger partial charge in [0, 0.05) is 17.2 Å². The number of aliphatic carboxylic acids is 1. The van der Waals surface area contributed by atoms with E-state index in [1.165, 1.54) is 28.2 Å². The first-order chi connectivity index (χ1) is 11.2. The second-order valence-electron chi connectivity index (χ2n) is 6.40. The molecule has 0 saturated heterocycles. The molecule has 0 radical (unpaired) electrons. The number of hydrogen-bond acceptors (Lipinski definition) is 4. The fourth-order valence-corrected chi connectivity index (χ4v) is 2.73. The molecule has 0 atom stereocenters. The lowest BCUT2D eigenvalue weighted by Gasteiger charge is -2.19. The summed E-state index contributed by atoms with van der Waals surface area (Å²) in [5.41, 5.74) is 1.36. The summed E-state index contributed by atoms with van der Waals surface area (Å²) in [6.07, 6.45) is 1.52. The normalized spacial score (nSPS) is 11.3. The lowest BCUT2D eigenvalue weighted by Crippen LogP contribution is -2.15. The smallest absolute Gasteiger partial charge is 0.325 e. The third-order valence-corrected chi connectivity index (χ3v) is 4.31. The Morgan fingerprint density at radius 2 is 1.88 bits per heavy atom. The van der Waals surface area contributed by atoms with E-state index in [-0.39, 0.29) is 23.6 Å². The molecular weight excluding hydrogens is 326 g/mol. The van der Waals surface area contributed by atoms with Crippen LogP contribution >= 0.6 is 11.8 Å². The largest absolute Gasteiger partial charge is 0.480 e. The molecule has 6 nitrogen and oxygen atoms in total. The van der Waals surface area contributed by atoms with Crippen LogP contribution in [0, 0.1) is 0 Å². The molecule has 2 N–H and O–H groups in total. The van der Waals surface area contributed by atoms with E-state index in [0.29, 0.717) is 5.82 Å². The average molecular weight is 347 g/mol. The van der Waals surface area contributed by atoms with Gasteiger partial charge >= 0.3 is 5.97 Å². The lowest BCUT2D eigenvalue weighted by atomic mass is 9.87. The molecule has 0 fully saturated rings. The molecule has 0 bridgehead atoms. The van der Waals surface area contributed by atoms with Crippen molar-refractivity contribution in [2.45, 2.75) is 37.6 Å². The van der Waals surface area contributed by atoms with E-state index < -0.39 is 5.97 Å². The number of carboxylic acid groups (broad SMARTS) is 1. The van der Waals surface area contributed by atoms with Crippen molar-refractivity contribution in [3.63, 3.8) is 0 Å². The highest BCUT2D eigenvalue weighted by Gasteiger charge is 2.13. The van der Waals surface area contributed by atoms with E-state index in [2.05, 4.69) is 43.3 Å². The van der Waals surface area contributed by atoms with Gasteiger partial charge in [-0.3, -0.25) is 14.3 Å². The minimum atomic E-state index is -0.981. The Hall–Kier alpha value is -2.28. The fraction of sp³-hybridized carbons (Fsp3) is 0.353. The van der Waals surface area contributed by atoms with Crippen molar-refractivity contribution in [1.82, 2.24) is 9.78 Å². The monoisotopic (exact) mass is 347 g/mol. The third-order valence-electron chi connectivity index (χ3n) is 3.30. The molecule has 0 unspecified atom stereocenters. The Labute approximate surface area is 145 Å². The van der Waals surface area contributed by atoms with E-state index in [1.807, 2.05) is 12.1 Å². The molecule has 2 aromatic rings. The zero-order chi connectivity index (χ0) is 17.7. The van der Waals surface area contributed by atoms with Gasteiger partial charge in [-0.1, -0.05) is 32.9 Å². The van der Waals surface area contributed by atoms with Crippen LogP contribution in [0.4, 0.5) is 5.82 Å². The Balaban J connectivity index is 1.84. The van der Waals surface area contributed by atoms with Gasteiger partial charge in [0.25, 0.3) is 0 Å². The number of nitrogens with one attached hydrogen (secondary N) is 1. The summed E-state index contributed by atoms with van der Waals surface area (Å²) in [5.74, 6) is -0.545. The first kappa shape index (κ1) is 18.1. The number of benzene rings is 1. The van der Waals surface area contributed by atoms with Gasteiger partial charge in [-0.05, 0) is 23.1 Å². The molecule has 0 aliphatic carbocycles. The van der Waals surface area contributed by atoms with Crippen LogP contribution in [0.3, 0.4) is 0 Å². The molecule has 1 amide bonds. The summed E-state index contributed by atoms with van der Waals surface area (Å²) >= 11 is 1.44. The van der Waals surface area contributed by atoms with Crippen molar-refractivity contribution in [3.05, 3.63) is 42.1 Å². The van der Waals surface area contributed by atoms with Crippen LogP contribution in [0.25, 0.3) is 0 Å². The van der Waals surface area contributed by atoms with Gasteiger partial charge in [-0.25, -0.2) is 0 Å². The van der Waals surface area contributed by atoms with Crippen molar-refractivity contribution in [1.29, 1.82) is 0 Å². The Morgan fingerprint density at radius 3 is 2.46 bits per heavy atom. The summed E-state index contributed by atoms with van der Waals surface area (Å²) in [6, 6.07) is 9.76. The first-order valence-electron chi connectivity index (χ1n) is 7.52. The minimum Gasteiger partial charge on any atom is -0.480 e. The number of thioether (sulfide) groups is 1. The van der Waals surface area contributed by atoms with Crippen molar-refractivity contribution in [2.75, 3.05) is 11.1 Å². The molecule has 7 heteroatoms. The number of anilines is 1. The second kappa shape index (κ2) is 7.53. The zero-order valence-corrected chi connectivity index (χ0v) is 14.8. The Bertz CT molecular complexity index is 717. The SMILES string of the molecule is CC(C)(C)c1ccc(SCC(=O)Nc2ccn(CC(=O)O)n2)cc1. The van der Waals surface area contributed by atoms with Crippen LogP contribution in [-0.2, 0) is 21.5 Å². The predicted molar refractivity (Wildman–Crippen MR) is 94.4 cm³/mol. The number of carbonyl (C=O) groups is 2. The highest BCUT2D eigenvalue weighted by molar-refractivity contribution is 8.00. The maximum Gasteiger partial charge on any atom is 0.325 e. The van der Waals surface area contributed by atoms with Crippen molar-refractivity contribution in [3.8, 4) is 0 Å². The molecule has 128 valence electrons. The van der Waals surface area contributed by atoms with Gasteiger partial charge in [-0.15, -0.1) is 11.8 Å². The average Bonchev–Trinajstić information content (AvgIpc) is 2.91. The Morgan fingerprint density at radius 1 is 1.21 bits per heavy atom. The minimum absolute atomic E-state index is 0.106. The van der Waals surface area contributed by atoms with Crippen molar-refractivity contribution < 1.29 is 14.7 Å². The standard InChI is InChI=1S/C17H21N3O3S/c1-17(2,3)12-4-6-13(7-5-12)24-11-15(21)18-14-8-9-20(19-14)10-16(22)23/h4-9H,10-11H2,1-3H3,(H,22,23)(H,18,19,21). The summed E-state index contributed by atoms with van der Waals surface area (Å²) in [7, 11) is 0. The molecule has 1 aromatic carbocycles. The fourth-order valence-electron chi connectivity index (χ4n) is 2.03. The van der Waals surface area contributed by atoms with Crippen LogP contribution in [0.1, 0.15) is 26.3 Å². The predicted octanol–water partition coefficient (Wildman–Crippen LogP) is 3.00. The topological polar surface area (TPSA) is 84.2 Å². The maximum atomic E-state index is 11.9. The van der Waals surface area contributed by atoms with Gasteiger partial charge in [-0.2, -0.15) is 5.10 Å². The quantitative estimate of drug-likeness (QED) is 0.785. The van der Waals surface area contributed by atoms with Crippen molar-refractivity contribution >= 4 is 29.5 Å². The molecular formula is C17H21N3O3S. The molecule has 0 saturated carbocycles. The van der Waals surface area contributed by atoms with E-state index in [9.17, 15) is 9.59 Å². The number of amides is 1. The van der Waals surface area contributed by atoms with Crippen molar-refractivity contribution in [2.24, 2.45) is 0 Å². The molecule has 1 aromatic heterocycles. The van der Waals surface area contributed by atoms with Gasteiger partial charge in [0.2, 0.25) is 5.91 Å². The lowest BCUT2D eigenvalue weighted by molar-refractivity contribution is -0.137. The van der Waals surface area contributed by atoms with Gasteiger partial charge < -0.3 is 10.4 Å². The van der Waals surface area contributed by atoms with Gasteiger partial charge in [0.05, 0.1) is 5.75 Å². The number of rotatable bonds is 6. The van der Waals surface area contributed by atoms with Crippen LogP contribution in [0.15, 0.2) is 41.4 Å². The number of aromatic nitrogens is 2. The number of carboxylic acids is 1. The van der Waals surface area contributed by atoms with Crippen LogP contribution in [0.5, 0.6) is 0 Å². The highest BCUT2D eigenvalue weighted by atomic mass is 32.2. The number of hydrogen-bond donors (Lipinski definition) is 2. The van der Waals surface area contributed by atoms with Gasteiger partial charge in [0.15, 0.2) is 5.82 Å². The molecule has 2 rings (SSSR count). The first-order valence-corrected chi connectivity index (χ1v) is 8.51. The molecule has 0 aliphatic rings. The molecule has 0 spiro atoms.